The molecule has 0 aliphatic heterocycles. The predicted octanol–water partition coefficient (Wildman–Crippen LogP) is 3.77. The minimum absolute atomic E-state index is 0.640. The van der Waals surface area contributed by atoms with Crippen LogP contribution in [0.25, 0.3) is 0 Å². The summed E-state index contributed by atoms with van der Waals surface area (Å²) >= 11 is 0. The molecule has 18 heavy (non-hydrogen) atoms. The van der Waals surface area contributed by atoms with Crippen LogP contribution in [-0.2, 0) is 0 Å². The van der Waals surface area contributed by atoms with Gasteiger partial charge in [0, 0.05) is 17.8 Å². The Bertz CT molecular complexity index is 518. The van der Waals surface area contributed by atoms with Gasteiger partial charge in [0.1, 0.15) is 17.2 Å². The fourth-order valence-corrected chi connectivity index (χ4v) is 1.77. The molecule has 0 aliphatic rings. The summed E-state index contributed by atoms with van der Waals surface area (Å²) in [5.41, 5.74) is 7.56. The summed E-state index contributed by atoms with van der Waals surface area (Å²) in [6.45, 7) is 4.58. The molecule has 0 aromatic heterocycles. The number of ether oxygens (including phenoxy) is 2. The lowest BCUT2D eigenvalue weighted by atomic mass is 10.2. The molecule has 0 unspecified atom stereocenters. The van der Waals surface area contributed by atoms with Gasteiger partial charge in [-0.15, -0.1) is 0 Å². The second kappa shape index (κ2) is 5.45. The van der Waals surface area contributed by atoms with Gasteiger partial charge in [0.15, 0.2) is 0 Å². The molecule has 0 spiro atoms. The zero-order valence-corrected chi connectivity index (χ0v) is 10.6. The van der Waals surface area contributed by atoms with Gasteiger partial charge in [-0.25, -0.2) is 0 Å². The topological polar surface area (TPSA) is 44.5 Å². The molecule has 0 bridgehead atoms. The Labute approximate surface area is 107 Å². The van der Waals surface area contributed by atoms with E-state index >= 15 is 0 Å². The standard InChI is InChI=1S/C15H17NO2/c1-3-17-13-5-4-6-14(10-13)18-15-8-11(2)7-12(16)9-15/h4-10H,3,16H2,1-2H3. The zero-order chi connectivity index (χ0) is 13.0. The van der Waals surface area contributed by atoms with Crippen LogP contribution in [-0.4, -0.2) is 6.61 Å². The minimum Gasteiger partial charge on any atom is -0.494 e. The van der Waals surface area contributed by atoms with Crippen molar-refractivity contribution in [2.45, 2.75) is 13.8 Å². The molecule has 2 aromatic rings. The second-order valence-electron chi connectivity index (χ2n) is 4.09. The van der Waals surface area contributed by atoms with E-state index in [1.807, 2.05) is 50.2 Å². The van der Waals surface area contributed by atoms with E-state index in [0.717, 1.165) is 22.8 Å². The Morgan fingerprint density at radius 3 is 2.50 bits per heavy atom. The van der Waals surface area contributed by atoms with Crippen LogP contribution in [0.4, 0.5) is 5.69 Å². The van der Waals surface area contributed by atoms with E-state index < -0.39 is 0 Å². The summed E-state index contributed by atoms with van der Waals surface area (Å²) in [5, 5.41) is 0. The second-order valence-corrected chi connectivity index (χ2v) is 4.09. The van der Waals surface area contributed by atoms with Crippen molar-refractivity contribution in [3.63, 3.8) is 0 Å². The van der Waals surface area contributed by atoms with Gasteiger partial charge >= 0.3 is 0 Å². The lowest BCUT2D eigenvalue weighted by molar-refractivity contribution is 0.338. The first-order valence-corrected chi connectivity index (χ1v) is 5.95. The lowest BCUT2D eigenvalue weighted by Gasteiger charge is -2.09. The van der Waals surface area contributed by atoms with E-state index in [0.29, 0.717) is 12.3 Å². The quantitative estimate of drug-likeness (QED) is 0.831. The zero-order valence-electron chi connectivity index (χ0n) is 10.6. The van der Waals surface area contributed by atoms with E-state index in [1.165, 1.54) is 0 Å². The molecule has 0 heterocycles. The molecule has 2 rings (SSSR count). The average Bonchev–Trinajstić information content (AvgIpc) is 2.28. The normalized spacial score (nSPS) is 10.1. The summed E-state index contributed by atoms with van der Waals surface area (Å²) in [5.74, 6) is 2.28. The SMILES string of the molecule is CCOc1cccc(Oc2cc(C)cc(N)c2)c1. The highest BCUT2D eigenvalue weighted by molar-refractivity contribution is 5.48. The third-order valence-corrected chi connectivity index (χ3v) is 2.43. The van der Waals surface area contributed by atoms with Crippen molar-refractivity contribution in [2.75, 3.05) is 12.3 Å². The third-order valence-electron chi connectivity index (χ3n) is 2.43. The van der Waals surface area contributed by atoms with Gasteiger partial charge in [-0.05, 0) is 43.7 Å². The molecule has 0 saturated heterocycles. The molecule has 94 valence electrons. The Morgan fingerprint density at radius 1 is 1.00 bits per heavy atom. The highest BCUT2D eigenvalue weighted by Crippen LogP contribution is 2.27. The van der Waals surface area contributed by atoms with Crippen molar-refractivity contribution in [3.8, 4) is 17.2 Å². The fourth-order valence-electron chi connectivity index (χ4n) is 1.77. The molecule has 2 N–H and O–H groups in total. The summed E-state index contributed by atoms with van der Waals surface area (Å²) in [6, 6.07) is 13.2. The van der Waals surface area contributed by atoms with Gasteiger partial charge in [-0.3, -0.25) is 0 Å². The van der Waals surface area contributed by atoms with Crippen molar-refractivity contribution in [1.82, 2.24) is 0 Å². The Morgan fingerprint density at radius 2 is 1.78 bits per heavy atom. The number of aryl methyl sites for hydroxylation is 1. The first-order chi connectivity index (χ1) is 8.67. The number of rotatable bonds is 4. The van der Waals surface area contributed by atoms with Crippen molar-refractivity contribution < 1.29 is 9.47 Å². The largest absolute Gasteiger partial charge is 0.494 e. The van der Waals surface area contributed by atoms with Crippen LogP contribution >= 0.6 is 0 Å². The molecule has 0 atom stereocenters. The van der Waals surface area contributed by atoms with Crippen LogP contribution in [0.15, 0.2) is 42.5 Å². The van der Waals surface area contributed by atoms with E-state index in [-0.39, 0.29) is 0 Å². The van der Waals surface area contributed by atoms with Crippen LogP contribution in [0.1, 0.15) is 12.5 Å². The van der Waals surface area contributed by atoms with E-state index in [4.69, 9.17) is 15.2 Å². The Kier molecular flexibility index (Phi) is 3.72. The van der Waals surface area contributed by atoms with E-state index in [9.17, 15) is 0 Å². The van der Waals surface area contributed by atoms with Gasteiger partial charge < -0.3 is 15.2 Å². The number of hydrogen-bond acceptors (Lipinski definition) is 3. The maximum Gasteiger partial charge on any atom is 0.131 e. The molecule has 2 aromatic carbocycles. The smallest absolute Gasteiger partial charge is 0.131 e. The maximum absolute atomic E-state index is 5.79. The van der Waals surface area contributed by atoms with Crippen LogP contribution in [0.3, 0.4) is 0 Å². The van der Waals surface area contributed by atoms with Crippen LogP contribution in [0.5, 0.6) is 17.2 Å². The van der Waals surface area contributed by atoms with Crippen molar-refractivity contribution in [3.05, 3.63) is 48.0 Å². The number of nitrogens with two attached hydrogens (primary N) is 1. The maximum atomic E-state index is 5.79. The Hall–Kier alpha value is -2.16. The summed E-state index contributed by atoms with van der Waals surface area (Å²) in [7, 11) is 0. The first kappa shape index (κ1) is 12.3. The van der Waals surface area contributed by atoms with Crippen LogP contribution in [0.2, 0.25) is 0 Å². The van der Waals surface area contributed by atoms with Gasteiger partial charge in [0.05, 0.1) is 6.61 Å². The van der Waals surface area contributed by atoms with Crippen LogP contribution < -0.4 is 15.2 Å². The van der Waals surface area contributed by atoms with Crippen molar-refractivity contribution in [1.29, 1.82) is 0 Å². The average molecular weight is 243 g/mol. The predicted molar refractivity (Wildman–Crippen MR) is 73.3 cm³/mol. The monoisotopic (exact) mass is 243 g/mol. The van der Waals surface area contributed by atoms with Gasteiger partial charge in [-0.1, -0.05) is 6.07 Å². The summed E-state index contributed by atoms with van der Waals surface area (Å²) in [4.78, 5) is 0. The fraction of sp³-hybridized carbons (Fsp3) is 0.200. The molecular formula is C15H17NO2. The van der Waals surface area contributed by atoms with Crippen LogP contribution in [0, 0.1) is 6.92 Å². The Balaban J connectivity index is 2.20. The van der Waals surface area contributed by atoms with Gasteiger partial charge in [-0.2, -0.15) is 0 Å². The lowest BCUT2D eigenvalue weighted by Crippen LogP contribution is -1.92. The molecule has 0 fully saturated rings. The van der Waals surface area contributed by atoms with Crippen molar-refractivity contribution >= 4 is 5.69 Å². The molecule has 0 radical (unpaired) electrons. The molecule has 0 aliphatic carbocycles. The number of benzene rings is 2. The molecule has 0 saturated carbocycles. The molecular weight excluding hydrogens is 226 g/mol. The van der Waals surface area contributed by atoms with Gasteiger partial charge in [0.2, 0.25) is 0 Å². The van der Waals surface area contributed by atoms with E-state index in [2.05, 4.69) is 0 Å². The number of nitrogen functional groups attached to an aromatic ring is 1. The van der Waals surface area contributed by atoms with Gasteiger partial charge in [0.25, 0.3) is 0 Å². The first-order valence-electron chi connectivity index (χ1n) is 5.95. The summed E-state index contributed by atoms with van der Waals surface area (Å²) < 4.78 is 11.2. The number of anilines is 1. The highest BCUT2D eigenvalue weighted by atomic mass is 16.5. The molecule has 0 amide bonds. The highest BCUT2D eigenvalue weighted by Gasteiger charge is 2.01. The third kappa shape index (κ3) is 3.17. The number of hydrogen-bond donors (Lipinski definition) is 1. The van der Waals surface area contributed by atoms with E-state index in [1.54, 1.807) is 6.07 Å². The van der Waals surface area contributed by atoms with Crippen molar-refractivity contribution in [2.24, 2.45) is 0 Å². The summed E-state index contributed by atoms with van der Waals surface area (Å²) in [6.07, 6.45) is 0. The molecule has 3 nitrogen and oxygen atoms in total. The molecule has 3 heteroatoms. The minimum atomic E-state index is 0.640.